The predicted octanol–water partition coefficient (Wildman–Crippen LogP) is 2.63. The summed E-state index contributed by atoms with van der Waals surface area (Å²) < 4.78 is 25.4. The van der Waals surface area contributed by atoms with Crippen LogP contribution in [0.15, 0.2) is 18.2 Å². The van der Waals surface area contributed by atoms with Crippen molar-refractivity contribution in [3.8, 4) is 0 Å². The van der Waals surface area contributed by atoms with Crippen LogP contribution in [-0.2, 0) is 6.42 Å². The van der Waals surface area contributed by atoms with Crippen LogP contribution >= 0.6 is 0 Å². The number of hydrogen-bond donors (Lipinski definition) is 1. The Hall–Kier alpha value is -0.960. The van der Waals surface area contributed by atoms with E-state index in [1.807, 2.05) is 13.8 Å². The fourth-order valence-corrected chi connectivity index (χ4v) is 1.24. The molecule has 1 nitrogen and oxygen atoms in total. The lowest BCUT2D eigenvalue weighted by Crippen LogP contribution is -2.37. The predicted molar refractivity (Wildman–Crippen MR) is 52.9 cm³/mol. The van der Waals surface area contributed by atoms with Gasteiger partial charge in [0.25, 0.3) is 0 Å². The van der Waals surface area contributed by atoms with Crippen molar-refractivity contribution in [2.75, 3.05) is 0 Å². The number of nitrogens with two attached hydrogens (primary N) is 1. The summed E-state index contributed by atoms with van der Waals surface area (Å²) in [7, 11) is 0. The van der Waals surface area contributed by atoms with Gasteiger partial charge in [-0.15, -0.1) is 0 Å². The summed E-state index contributed by atoms with van der Waals surface area (Å²) in [5.41, 5.74) is 6.30. The number of benzene rings is 1. The van der Waals surface area contributed by atoms with Crippen LogP contribution in [0.1, 0.15) is 25.8 Å². The molecule has 1 unspecified atom stereocenters. The number of rotatable bonds is 3. The van der Waals surface area contributed by atoms with Crippen LogP contribution in [0.2, 0.25) is 0 Å². The van der Waals surface area contributed by atoms with E-state index in [1.54, 1.807) is 6.07 Å². The number of halogens is 2. The molecule has 1 aromatic rings. The number of hydrogen-bond acceptors (Lipinski definition) is 1. The van der Waals surface area contributed by atoms with Crippen molar-refractivity contribution in [3.63, 3.8) is 0 Å². The Morgan fingerprint density at radius 3 is 2.43 bits per heavy atom. The fraction of sp³-hybridized carbons (Fsp3) is 0.455. The van der Waals surface area contributed by atoms with Crippen molar-refractivity contribution >= 4 is 0 Å². The van der Waals surface area contributed by atoms with E-state index >= 15 is 0 Å². The molecule has 0 aliphatic carbocycles. The zero-order chi connectivity index (χ0) is 10.8. The first-order valence-corrected chi connectivity index (χ1v) is 4.67. The van der Waals surface area contributed by atoms with E-state index in [2.05, 4.69) is 0 Å². The summed E-state index contributed by atoms with van der Waals surface area (Å²) in [5, 5.41) is 0. The molecular formula is C11H15F2N. The molecule has 0 aromatic heterocycles. The molecule has 0 amide bonds. The lowest BCUT2D eigenvalue weighted by atomic mass is 9.91. The minimum atomic E-state index is -0.816. The summed E-state index contributed by atoms with van der Waals surface area (Å²) in [4.78, 5) is 0. The first kappa shape index (κ1) is 11.1. The van der Waals surface area contributed by atoms with E-state index < -0.39 is 11.6 Å². The highest BCUT2D eigenvalue weighted by atomic mass is 19.2. The minimum absolute atomic E-state index is 0.357. The molecule has 0 spiro atoms. The van der Waals surface area contributed by atoms with Crippen LogP contribution in [0.25, 0.3) is 0 Å². The van der Waals surface area contributed by atoms with Gasteiger partial charge in [-0.05, 0) is 37.5 Å². The van der Waals surface area contributed by atoms with Gasteiger partial charge in [-0.1, -0.05) is 13.0 Å². The van der Waals surface area contributed by atoms with E-state index in [1.165, 1.54) is 6.07 Å². The third-order valence-corrected chi connectivity index (χ3v) is 2.40. The molecule has 14 heavy (non-hydrogen) atoms. The molecule has 78 valence electrons. The second kappa shape index (κ2) is 4.05. The molecule has 1 rings (SSSR count). The molecule has 1 aromatic carbocycles. The van der Waals surface area contributed by atoms with Gasteiger partial charge >= 0.3 is 0 Å². The first-order valence-electron chi connectivity index (χ1n) is 4.67. The van der Waals surface area contributed by atoms with Crippen molar-refractivity contribution in [1.82, 2.24) is 0 Å². The van der Waals surface area contributed by atoms with Crippen molar-refractivity contribution < 1.29 is 8.78 Å². The molecule has 0 fully saturated rings. The average molecular weight is 199 g/mol. The van der Waals surface area contributed by atoms with Crippen LogP contribution in [0.3, 0.4) is 0 Å². The molecule has 0 saturated heterocycles. The van der Waals surface area contributed by atoms with Crippen molar-refractivity contribution in [1.29, 1.82) is 0 Å². The molecule has 0 bridgehead atoms. The van der Waals surface area contributed by atoms with Crippen LogP contribution in [-0.4, -0.2) is 5.54 Å². The fourth-order valence-electron chi connectivity index (χ4n) is 1.24. The third-order valence-electron chi connectivity index (χ3n) is 2.40. The van der Waals surface area contributed by atoms with E-state index in [0.717, 1.165) is 18.1 Å². The van der Waals surface area contributed by atoms with Crippen LogP contribution < -0.4 is 5.73 Å². The molecule has 1 atom stereocenters. The van der Waals surface area contributed by atoms with Crippen LogP contribution in [0.4, 0.5) is 8.78 Å². The Bertz CT molecular complexity index is 321. The quantitative estimate of drug-likeness (QED) is 0.795. The topological polar surface area (TPSA) is 26.0 Å². The SMILES string of the molecule is CCC(C)(N)Cc1ccc(F)c(F)c1. The summed E-state index contributed by atoms with van der Waals surface area (Å²) in [6.45, 7) is 3.87. The Balaban J connectivity index is 2.83. The third kappa shape index (κ3) is 2.77. The summed E-state index contributed by atoms with van der Waals surface area (Å²) >= 11 is 0. The maximum absolute atomic E-state index is 12.8. The summed E-state index contributed by atoms with van der Waals surface area (Å²) in [6, 6.07) is 3.91. The van der Waals surface area contributed by atoms with Gasteiger partial charge in [0.05, 0.1) is 0 Å². The lowest BCUT2D eigenvalue weighted by molar-refractivity contribution is 0.446. The molecule has 0 radical (unpaired) electrons. The van der Waals surface area contributed by atoms with Crippen molar-refractivity contribution in [2.24, 2.45) is 5.73 Å². The summed E-state index contributed by atoms with van der Waals surface area (Å²) in [6.07, 6.45) is 1.35. The van der Waals surface area contributed by atoms with E-state index in [-0.39, 0.29) is 5.54 Å². The lowest BCUT2D eigenvalue weighted by Gasteiger charge is -2.22. The van der Waals surface area contributed by atoms with Gasteiger partial charge in [-0.3, -0.25) is 0 Å². The molecule has 0 aliphatic heterocycles. The molecular weight excluding hydrogens is 184 g/mol. The van der Waals surface area contributed by atoms with E-state index in [0.29, 0.717) is 6.42 Å². The molecule has 2 N–H and O–H groups in total. The van der Waals surface area contributed by atoms with Gasteiger partial charge in [-0.2, -0.15) is 0 Å². The molecule has 3 heteroatoms. The smallest absolute Gasteiger partial charge is 0.159 e. The second-order valence-corrected chi connectivity index (χ2v) is 3.93. The first-order chi connectivity index (χ1) is 6.44. The highest BCUT2D eigenvalue weighted by Gasteiger charge is 2.16. The standard InChI is InChI=1S/C11H15F2N/c1-3-11(2,14)7-8-4-5-9(12)10(13)6-8/h4-6H,3,7,14H2,1-2H3. The van der Waals surface area contributed by atoms with Gasteiger partial charge in [0.1, 0.15) is 0 Å². The van der Waals surface area contributed by atoms with Gasteiger partial charge in [0.15, 0.2) is 11.6 Å². The Morgan fingerprint density at radius 2 is 1.93 bits per heavy atom. The zero-order valence-electron chi connectivity index (χ0n) is 8.48. The molecule has 0 heterocycles. The largest absolute Gasteiger partial charge is 0.325 e. The van der Waals surface area contributed by atoms with Gasteiger partial charge in [0.2, 0.25) is 0 Å². The van der Waals surface area contributed by atoms with Gasteiger partial charge in [-0.25, -0.2) is 8.78 Å². The second-order valence-electron chi connectivity index (χ2n) is 3.93. The average Bonchev–Trinajstić information content (AvgIpc) is 2.11. The van der Waals surface area contributed by atoms with Gasteiger partial charge < -0.3 is 5.73 Å². The normalized spacial score (nSPS) is 15.2. The van der Waals surface area contributed by atoms with Crippen LogP contribution in [0, 0.1) is 11.6 Å². The Kier molecular flexibility index (Phi) is 3.21. The molecule has 0 aliphatic rings. The molecule has 0 saturated carbocycles. The van der Waals surface area contributed by atoms with E-state index in [9.17, 15) is 8.78 Å². The van der Waals surface area contributed by atoms with Crippen LogP contribution in [0.5, 0.6) is 0 Å². The Morgan fingerprint density at radius 1 is 1.29 bits per heavy atom. The van der Waals surface area contributed by atoms with E-state index in [4.69, 9.17) is 5.73 Å². The summed E-state index contributed by atoms with van der Waals surface area (Å²) in [5.74, 6) is -1.63. The van der Waals surface area contributed by atoms with Gasteiger partial charge in [0, 0.05) is 5.54 Å². The monoisotopic (exact) mass is 199 g/mol. The minimum Gasteiger partial charge on any atom is -0.325 e. The maximum atomic E-state index is 12.8. The highest BCUT2D eigenvalue weighted by Crippen LogP contribution is 2.16. The Labute approximate surface area is 82.9 Å². The van der Waals surface area contributed by atoms with Crippen molar-refractivity contribution in [2.45, 2.75) is 32.2 Å². The van der Waals surface area contributed by atoms with Crippen molar-refractivity contribution in [3.05, 3.63) is 35.4 Å². The highest BCUT2D eigenvalue weighted by molar-refractivity contribution is 5.19. The zero-order valence-corrected chi connectivity index (χ0v) is 8.48. The maximum Gasteiger partial charge on any atom is 0.159 e.